The Kier molecular flexibility index (Phi) is 8.25. The lowest BCUT2D eigenvalue weighted by molar-refractivity contribution is -0.145. The van der Waals surface area contributed by atoms with Gasteiger partial charge in [0.2, 0.25) is 11.8 Å². The van der Waals surface area contributed by atoms with E-state index in [0.29, 0.717) is 19.4 Å². The lowest BCUT2D eigenvalue weighted by atomic mass is 9.74. The minimum Gasteiger partial charge on any atom is -0.506 e. The minimum absolute atomic E-state index is 0.0548. The minimum atomic E-state index is -4.58. The fourth-order valence-corrected chi connectivity index (χ4v) is 4.52. The van der Waals surface area contributed by atoms with Gasteiger partial charge in [0.15, 0.2) is 16.9 Å². The zero-order valence-electron chi connectivity index (χ0n) is 18.8. The summed E-state index contributed by atoms with van der Waals surface area (Å²) >= 11 is 0.781. The van der Waals surface area contributed by atoms with E-state index in [1.807, 2.05) is 13.8 Å². The van der Waals surface area contributed by atoms with Crippen LogP contribution in [0.4, 0.5) is 18.3 Å². The van der Waals surface area contributed by atoms with Gasteiger partial charge in [0, 0.05) is 11.9 Å². The van der Waals surface area contributed by atoms with E-state index in [-0.39, 0.29) is 11.0 Å². The number of hydrogen-bond acceptors (Lipinski definition) is 9. The molecule has 3 rings (SSSR count). The summed E-state index contributed by atoms with van der Waals surface area (Å²) in [7, 11) is -1.18. The van der Waals surface area contributed by atoms with Crippen LogP contribution in [0.1, 0.15) is 38.8 Å². The number of anilines is 1. The second-order valence-corrected chi connectivity index (χ2v) is 9.40. The van der Waals surface area contributed by atoms with Crippen molar-refractivity contribution in [2.24, 2.45) is 5.92 Å². The summed E-state index contributed by atoms with van der Waals surface area (Å²) in [5.41, 5.74) is -1.03. The van der Waals surface area contributed by atoms with Gasteiger partial charge in [-0.1, -0.05) is 13.8 Å². The third-order valence-corrected chi connectivity index (χ3v) is 6.21. The molecule has 2 fully saturated rings. The Morgan fingerprint density at radius 1 is 1.37 bits per heavy atom. The number of aromatic nitrogens is 1. The number of carboxylic acids is 1. The number of nitrogens with one attached hydrogen (secondary N) is 2. The first kappa shape index (κ1) is 26.7. The number of hydrogen-bond donors (Lipinski definition) is 3. The van der Waals surface area contributed by atoms with Gasteiger partial charge in [-0.25, -0.2) is 4.98 Å². The molecule has 11 nitrogen and oxygen atoms in total. The van der Waals surface area contributed by atoms with Gasteiger partial charge in [-0.3, -0.25) is 19.2 Å². The molecule has 3 N–H and O–H groups in total. The van der Waals surface area contributed by atoms with Crippen LogP contribution in [-0.4, -0.2) is 72.1 Å². The molecule has 0 radical (unpaired) electrons. The second-order valence-electron chi connectivity index (χ2n) is 8.56. The van der Waals surface area contributed by atoms with Crippen molar-refractivity contribution >= 4 is 47.3 Å². The molecule has 0 aliphatic carbocycles. The van der Waals surface area contributed by atoms with Crippen LogP contribution in [0.2, 0.25) is 0 Å². The molecule has 16 heteroatoms. The largest absolute Gasteiger partial charge is 0.552 e. The van der Waals surface area contributed by atoms with Crippen LogP contribution in [0.5, 0.6) is 0 Å². The van der Waals surface area contributed by atoms with E-state index in [2.05, 4.69) is 15.6 Å². The Balaban J connectivity index is 1.53. The average molecular weight is 520 g/mol. The van der Waals surface area contributed by atoms with Crippen molar-refractivity contribution in [1.82, 2.24) is 15.6 Å². The SMILES string of the molecule is CC(C)CC(NC(=O)CNC(=O)C1CCN1c1nc(C(F)(F)F)cs1)B1OC(=O)C(CC(=O)O)O1. The van der Waals surface area contributed by atoms with Crippen LogP contribution >= 0.6 is 11.3 Å². The number of thiazole rings is 1. The quantitative estimate of drug-likeness (QED) is 0.382. The Morgan fingerprint density at radius 3 is 2.63 bits per heavy atom. The van der Waals surface area contributed by atoms with Gasteiger partial charge in [0.05, 0.1) is 18.9 Å². The molecule has 0 bridgehead atoms. The number of halogens is 3. The number of aliphatic carboxylic acids is 1. The van der Waals surface area contributed by atoms with E-state index < -0.39 is 73.8 Å². The molecule has 3 heterocycles. The van der Waals surface area contributed by atoms with Gasteiger partial charge in [-0.2, -0.15) is 13.2 Å². The summed E-state index contributed by atoms with van der Waals surface area (Å²) in [5.74, 6) is -3.95. The van der Waals surface area contributed by atoms with Crippen molar-refractivity contribution < 1.29 is 46.8 Å². The van der Waals surface area contributed by atoms with Crippen LogP contribution < -0.4 is 15.5 Å². The molecule has 0 spiro atoms. The molecular weight excluding hydrogens is 496 g/mol. The van der Waals surface area contributed by atoms with Gasteiger partial charge in [0.1, 0.15) is 6.04 Å². The summed E-state index contributed by atoms with van der Waals surface area (Å²) in [6.07, 6.45) is -5.69. The Hall–Kier alpha value is -2.88. The van der Waals surface area contributed by atoms with Gasteiger partial charge in [-0.15, -0.1) is 11.3 Å². The lowest BCUT2D eigenvalue weighted by Gasteiger charge is -2.39. The predicted octanol–water partition coefficient (Wildman–Crippen LogP) is 0.832. The van der Waals surface area contributed by atoms with E-state index in [4.69, 9.17) is 14.4 Å². The molecule has 1 aromatic rings. The van der Waals surface area contributed by atoms with E-state index in [0.717, 1.165) is 16.7 Å². The smallest absolute Gasteiger partial charge is 0.506 e. The third-order valence-electron chi connectivity index (χ3n) is 5.33. The number of nitrogens with zero attached hydrogens (tertiary/aromatic N) is 2. The zero-order valence-corrected chi connectivity index (χ0v) is 19.6. The van der Waals surface area contributed by atoms with Crippen molar-refractivity contribution in [2.75, 3.05) is 18.0 Å². The average Bonchev–Trinajstić information content (AvgIpc) is 3.32. The first-order valence-electron chi connectivity index (χ1n) is 10.8. The number of carbonyl (C=O) groups excluding carboxylic acids is 3. The third kappa shape index (κ3) is 6.84. The van der Waals surface area contributed by atoms with Gasteiger partial charge in [-0.05, 0) is 18.8 Å². The van der Waals surface area contributed by atoms with E-state index >= 15 is 0 Å². The molecule has 1 aromatic heterocycles. The highest BCUT2D eigenvalue weighted by Gasteiger charge is 2.47. The topological polar surface area (TPSA) is 147 Å². The highest BCUT2D eigenvalue weighted by molar-refractivity contribution is 7.13. The van der Waals surface area contributed by atoms with Crippen molar-refractivity contribution in [1.29, 1.82) is 0 Å². The van der Waals surface area contributed by atoms with Gasteiger partial charge in [0.25, 0.3) is 0 Å². The summed E-state index contributed by atoms with van der Waals surface area (Å²) in [6.45, 7) is 3.65. The summed E-state index contributed by atoms with van der Waals surface area (Å²) in [6, 6.07) is -0.752. The molecule has 0 saturated carbocycles. The maximum Gasteiger partial charge on any atom is 0.552 e. The molecule has 2 amide bonds. The Bertz CT molecular complexity index is 976. The van der Waals surface area contributed by atoms with Crippen LogP contribution in [0.3, 0.4) is 0 Å². The number of alkyl halides is 3. The maximum atomic E-state index is 12.8. The highest BCUT2D eigenvalue weighted by atomic mass is 32.1. The Labute approximate surface area is 202 Å². The fourth-order valence-electron chi connectivity index (χ4n) is 3.61. The lowest BCUT2D eigenvalue weighted by Crippen LogP contribution is -2.58. The monoisotopic (exact) mass is 520 g/mol. The van der Waals surface area contributed by atoms with Gasteiger partial charge >= 0.3 is 25.2 Å². The summed E-state index contributed by atoms with van der Waals surface area (Å²) < 4.78 is 48.8. The molecule has 2 saturated heterocycles. The first-order valence-corrected chi connectivity index (χ1v) is 11.7. The molecule has 2 aliphatic heterocycles. The van der Waals surface area contributed by atoms with Crippen LogP contribution in [0, 0.1) is 5.92 Å². The molecular formula is C19H24BF3N4O7S. The van der Waals surface area contributed by atoms with Crippen LogP contribution in [0.25, 0.3) is 0 Å². The predicted molar refractivity (Wildman–Crippen MR) is 116 cm³/mol. The summed E-state index contributed by atoms with van der Waals surface area (Å²) in [4.78, 5) is 52.7. The second kappa shape index (κ2) is 10.8. The molecule has 2 aliphatic rings. The molecule has 3 atom stereocenters. The number of carbonyl (C=O) groups is 4. The highest BCUT2D eigenvalue weighted by Crippen LogP contribution is 2.35. The fraction of sp³-hybridized carbons (Fsp3) is 0.632. The number of carboxylic acid groups (broad SMARTS) is 1. The standard InChI is InChI=1S/C19H24BF3N4O7S/c1-9(2)5-13(20-33-11(6-15(29)30)17(32)34-20)26-14(28)7-24-16(31)10-3-4-27(10)18-25-12(8-35-18)19(21,22)23/h8-11,13H,3-7H2,1-2H3,(H,24,31)(H,26,28)(H,29,30). The van der Waals surface area contributed by atoms with Gasteiger partial charge < -0.3 is 29.9 Å². The summed E-state index contributed by atoms with van der Waals surface area (Å²) in [5, 5.41) is 14.9. The number of amides is 2. The van der Waals surface area contributed by atoms with E-state index in [9.17, 15) is 32.3 Å². The Morgan fingerprint density at radius 2 is 2.09 bits per heavy atom. The maximum absolute atomic E-state index is 12.8. The molecule has 192 valence electrons. The molecule has 35 heavy (non-hydrogen) atoms. The van der Waals surface area contributed by atoms with Crippen molar-refractivity contribution in [3.05, 3.63) is 11.1 Å². The van der Waals surface area contributed by atoms with E-state index in [1.165, 1.54) is 4.90 Å². The van der Waals surface area contributed by atoms with Crippen molar-refractivity contribution in [3.8, 4) is 0 Å². The molecule has 3 unspecified atom stereocenters. The zero-order chi connectivity index (χ0) is 25.9. The normalized spacial score (nSPS) is 20.9. The van der Waals surface area contributed by atoms with Crippen LogP contribution in [0.15, 0.2) is 5.38 Å². The van der Waals surface area contributed by atoms with Crippen LogP contribution in [-0.2, 0) is 34.7 Å². The first-order chi connectivity index (χ1) is 16.3. The van der Waals surface area contributed by atoms with E-state index in [1.54, 1.807) is 0 Å². The molecule has 0 aromatic carbocycles. The van der Waals surface area contributed by atoms with Crippen molar-refractivity contribution in [2.45, 2.75) is 57.4 Å². The number of rotatable bonds is 10. The van der Waals surface area contributed by atoms with Crippen molar-refractivity contribution in [3.63, 3.8) is 0 Å².